The Morgan fingerprint density at radius 3 is 2.62 bits per heavy atom. The molecule has 0 aliphatic carbocycles. The maximum Gasteiger partial charge on any atom is 0.140 e. The molecule has 0 saturated carbocycles. The summed E-state index contributed by atoms with van der Waals surface area (Å²) in [7, 11) is 3.88. The van der Waals surface area contributed by atoms with Crippen LogP contribution in [0.4, 0.5) is 0 Å². The van der Waals surface area contributed by atoms with Crippen LogP contribution in [-0.4, -0.2) is 19.3 Å². The van der Waals surface area contributed by atoms with Crippen molar-refractivity contribution >= 4 is 11.0 Å². The van der Waals surface area contributed by atoms with Gasteiger partial charge in [0, 0.05) is 54.8 Å². The molecule has 5 heteroatoms. The van der Waals surface area contributed by atoms with Crippen molar-refractivity contribution in [3.63, 3.8) is 0 Å². The zero-order chi connectivity index (χ0) is 16.7. The lowest BCUT2D eigenvalue weighted by atomic mass is 10.0. The highest BCUT2D eigenvalue weighted by Crippen LogP contribution is 2.32. The second kappa shape index (κ2) is 5.36. The van der Waals surface area contributed by atoms with Gasteiger partial charge >= 0.3 is 0 Å². The first-order valence-corrected chi connectivity index (χ1v) is 7.60. The summed E-state index contributed by atoms with van der Waals surface area (Å²) in [5, 5.41) is 14.4. The number of rotatable bonds is 2. The quantitative estimate of drug-likeness (QED) is 0.569. The zero-order valence-electron chi connectivity index (χ0n) is 13.4. The number of benzene rings is 1. The number of hydrogen-bond donors (Lipinski definition) is 0. The molecule has 0 bridgehead atoms. The molecule has 0 amide bonds. The number of aryl methyl sites for hydroxylation is 2. The minimum atomic E-state index is 0.654. The lowest BCUT2D eigenvalue weighted by molar-refractivity contribution is 0.768. The summed E-state index contributed by atoms with van der Waals surface area (Å²) in [6, 6.07) is 12.0. The van der Waals surface area contributed by atoms with Gasteiger partial charge in [0.05, 0.1) is 17.8 Å². The van der Waals surface area contributed by atoms with Crippen molar-refractivity contribution in [2.75, 3.05) is 0 Å². The van der Waals surface area contributed by atoms with Gasteiger partial charge in [0.15, 0.2) is 0 Å². The number of nitriles is 1. The van der Waals surface area contributed by atoms with E-state index in [1.54, 1.807) is 4.68 Å². The van der Waals surface area contributed by atoms with Crippen molar-refractivity contribution in [2.45, 2.75) is 0 Å². The molecule has 1 aromatic carbocycles. The van der Waals surface area contributed by atoms with E-state index in [1.165, 1.54) is 0 Å². The van der Waals surface area contributed by atoms with E-state index in [9.17, 15) is 0 Å². The van der Waals surface area contributed by atoms with Crippen LogP contribution in [0.3, 0.4) is 0 Å². The van der Waals surface area contributed by atoms with Crippen LogP contribution in [0.1, 0.15) is 5.56 Å². The molecule has 0 aliphatic heterocycles. The standard InChI is InChI=1S/C19H15N5/c1-23-12-18(14-5-3-4-13(6-14)8-20)17-7-15(9-21-19(17)23)16-10-22-24(2)11-16/h3-7,9-12H,1-2H3. The van der Waals surface area contributed by atoms with Gasteiger partial charge in [-0.3, -0.25) is 4.68 Å². The number of fused-ring (bicyclic) bond motifs is 1. The second-order valence-corrected chi connectivity index (χ2v) is 5.84. The summed E-state index contributed by atoms with van der Waals surface area (Å²) in [5.74, 6) is 0. The number of aromatic nitrogens is 4. The molecule has 24 heavy (non-hydrogen) atoms. The van der Waals surface area contributed by atoms with E-state index in [0.29, 0.717) is 5.56 Å². The van der Waals surface area contributed by atoms with Crippen molar-refractivity contribution in [3.05, 3.63) is 60.7 Å². The van der Waals surface area contributed by atoms with Crippen LogP contribution in [0, 0.1) is 11.3 Å². The third-order valence-electron chi connectivity index (χ3n) is 4.15. The Labute approximate surface area is 139 Å². The van der Waals surface area contributed by atoms with Crippen LogP contribution in [0.25, 0.3) is 33.3 Å². The molecule has 3 aromatic heterocycles. The van der Waals surface area contributed by atoms with Gasteiger partial charge in [-0.1, -0.05) is 12.1 Å². The molecule has 0 aliphatic rings. The monoisotopic (exact) mass is 313 g/mol. The average molecular weight is 313 g/mol. The fourth-order valence-electron chi connectivity index (χ4n) is 2.98. The van der Waals surface area contributed by atoms with Gasteiger partial charge in [0.25, 0.3) is 0 Å². The van der Waals surface area contributed by atoms with E-state index in [2.05, 4.69) is 28.4 Å². The topological polar surface area (TPSA) is 59.4 Å². The number of nitrogens with zero attached hydrogens (tertiary/aromatic N) is 5. The van der Waals surface area contributed by atoms with Gasteiger partial charge in [-0.2, -0.15) is 10.4 Å². The molecule has 4 rings (SSSR count). The third kappa shape index (κ3) is 2.25. The SMILES string of the molecule is Cn1cc(-c2cnc3c(c2)c(-c2cccc(C#N)c2)cn3C)cn1. The molecule has 0 N–H and O–H groups in total. The van der Waals surface area contributed by atoms with Crippen molar-refractivity contribution in [1.29, 1.82) is 5.26 Å². The normalized spacial score (nSPS) is 10.9. The first-order valence-electron chi connectivity index (χ1n) is 7.60. The van der Waals surface area contributed by atoms with Crippen LogP contribution in [0.15, 0.2) is 55.1 Å². The fourth-order valence-corrected chi connectivity index (χ4v) is 2.98. The number of pyridine rings is 1. The molecule has 0 atom stereocenters. The predicted octanol–water partition coefficient (Wildman–Crippen LogP) is 3.51. The lowest BCUT2D eigenvalue weighted by Gasteiger charge is -2.02. The maximum atomic E-state index is 9.15. The van der Waals surface area contributed by atoms with E-state index < -0.39 is 0 Å². The molecule has 5 nitrogen and oxygen atoms in total. The molecule has 0 unspecified atom stereocenters. The summed E-state index contributed by atoms with van der Waals surface area (Å²) >= 11 is 0. The molecule has 0 radical (unpaired) electrons. The van der Waals surface area contributed by atoms with Gasteiger partial charge in [-0.25, -0.2) is 4.98 Å². The summed E-state index contributed by atoms with van der Waals surface area (Å²) < 4.78 is 3.79. The zero-order valence-corrected chi connectivity index (χ0v) is 13.4. The highest BCUT2D eigenvalue weighted by molar-refractivity contribution is 5.96. The Morgan fingerprint density at radius 1 is 1.00 bits per heavy atom. The Morgan fingerprint density at radius 2 is 1.88 bits per heavy atom. The molecule has 0 fully saturated rings. The first-order chi connectivity index (χ1) is 11.7. The smallest absolute Gasteiger partial charge is 0.140 e. The predicted molar refractivity (Wildman–Crippen MR) is 93.1 cm³/mol. The molecule has 3 heterocycles. The van der Waals surface area contributed by atoms with Crippen molar-refractivity contribution < 1.29 is 0 Å². The summed E-state index contributed by atoms with van der Waals surface area (Å²) in [6.45, 7) is 0. The molecule has 0 saturated heterocycles. The van der Waals surface area contributed by atoms with Crippen LogP contribution >= 0.6 is 0 Å². The van der Waals surface area contributed by atoms with Crippen molar-refractivity contribution in [2.24, 2.45) is 14.1 Å². The minimum Gasteiger partial charge on any atom is -0.335 e. The van der Waals surface area contributed by atoms with Gasteiger partial charge in [-0.15, -0.1) is 0 Å². The Kier molecular flexibility index (Phi) is 3.17. The van der Waals surface area contributed by atoms with Gasteiger partial charge in [0.2, 0.25) is 0 Å². The molecular formula is C19H15N5. The van der Waals surface area contributed by atoms with E-state index in [4.69, 9.17) is 5.26 Å². The molecule has 116 valence electrons. The largest absolute Gasteiger partial charge is 0.335 e. The van der Waals surface area contributed by atoms with E-state index >= 15 is 0 Å². The van der Waals surface area contributed by atoms with Crippen molar-refractivity contribution in [1.82, 2.24) is 19.3 Å². The summed E-state index contributed by atoms with van der Waals surface area (Å²) in [6.07, 6.45) is 7.74. The highest BCUT2D eigenvalue weighted by atomic mass is 15.2. The molecule has 0 spiro atoms. The Hall–Kier alpha value is -3.39. The highest BCUT2D eigenvalue weighted by Gasteiger charge is 2.12. The van der Waals surface area contributed by atoms with Gasteiger partial charge in [-0.05, 0) is 23.8 Å². The average Bonchev–Trinajstić information content (AvgIpc) is 3.18. The Bertz CT molecular complexity index is 1090. The molecule has 4 aromatic rings. The first kappa shape index (κ1) is 14.2. The van der Waals surface area contributed by atoms with Crippen LogP contribution in [0.5, 0.6) is 0 Å². The summed E-state index contributed by atoms with van der Waals surface area (Å²) in [4.78, 5) is 4.62. The van der Waals surface area contributed by atoms with Gasteiger partial charge < -0.3 is 4.57 Å². The van der Waals surface area contributed by atoms with Crippen molar-refractivity contribution in [3.8, 4) is 28.3 Å². The third-order valence-corrected chi connectivity index (χ3v) is 4.15. The lowest BCUT2D eigenvalue weighted by Crippen LogP contribution is -1.88. The minimum absolute atomic E-state index is 0.654. The maximum absolute atomic E-state index is 9.15. The van der Waals surface area contributed by atoms with Crippen LogP contribution in [-0.2, 0) is 14.1 Å². The molecular weight excluding hydrogens is 298 g/mol. The van der Waals surface area contributed by atoms with E-state index in [-0.39, 0.29) is 0 Å². The fraction of sp³-hybridized carbons (Fsp3) is 0.105. The van der Waals surface area contributed by atoms with Gasteiger partial charge in [0.1, 0.15) is 5.65 Å². The second-order valence-electron chi connectivity index (χ2n) is 5.84. The van der Waals surface area contributed by atoms with Crippen LogP contribution in [0.2, 0.25) is 0 Å². The Balaban J connectivity index is 1.94. The van der Waals surface area contributed by atoms with Crippen LogP contribution < -0.4 is 0 Å². The van der Waals surface area contributed by atoms with E-state index in [1.807, 2.05) is 61.5 Å². The summed E-state index contributed by atoms with van der Waals surface area (Å²) in [5.41, 5.74) is 5.72. The van der Waals surface area contributed by atoms with E-state index in [0.717, 1.165) is 33.3 Å². The number of hydrogen-bond acceptors (Lipinski definition) is 3.